The zero-order chi connectivity index (χ0) is 11.5. The molecule has 0 saturated heterocycles. The molecule has 1 unspecified atom stereocenters. The predicted molar refractivity (Wildman–Crippen MR) is 72.7 cm³/mol. The van der Waals surface area contributed by atoms with Gasteiger partial charge in [-0.05, 0) is 45.0 Å². The van der Waals surface area contributed by atoms with Gasteiger partial charge in [0.1, 0.15) is 0 Å². The molecule has 0 radical (unpaired) electrons. The van der Waals surface area contributed by atoms with Gasteiger partial charge in [-0.2, -0.15) is 0 Å². The summed E-state index contributed by atoms with van der Waals surface area (Å²) in [4.78, 5) is 9.60. The maximum Gasteiger partial charge on any atom is 0.0859 e. The van der Waals surface area contributed by atoms with Gasteiger partial charge in [0.05, 0.1) is 21.7 Å². The first-order chi connectivity index (χ1) is 7.72. The van der Waals surface area contributed by atoms with Crippen LogP contribution in [0.25, 0.3) is 0 Å². The number of nitrogens with one attached hydrogen (secondary N) is 1. The van der Waals surface area contributed by atoms with Gasteiger partial charge < -0.3 is 5.32 Å². The molecule has 16 heavy (non-hydrogen) atoms. The average Bonchev–Trinajstić information content (AvgIpc) is 2.61. The molecular weight excluding hydrogens is 354 g/mol. The molecule has 0 aliphatic carbocycles. The SMILES string of the molecule is CNC(c1cnccn1)c1cc(Br)c(Br)s1. The molecule has 0 bridgehead atoms. The molecule has 3 nitrogen and oxygen atoms in total. The highest BCUT2D eigenvalue weighted by atomic mass is 79.9. The van der Waals surface area contributed by atoms with Crippen molar-refractivity contribution in [1.29, 1.82) is 0 Å². The van der Waals surface area contributed by atoms with Crippen LogP contribution in [0.5, 0.6) is 0 Å². The van der Waals surface area contributed by atoms with Crippen molar-refractivity contribution >= 4 is 43.2 Å². The summed E-state index contributed by atoms with van der Waals surface area (Å²) in [6, 6.07) is 2.17. The van der Waals surface area contributed by atoms with Crippen LogP contribution in [0.2, 0.25) is 0 Å². The highest BCUT2D eigenvalue weighted by molar-refractivity contribution is 9.13. The van der Waals surface area contributed by atoms with E-state index in [4.69, 9.17) is 0 Å². The highest BCUT2D eigenvalue weighted by Crippen LogP contribution is 2.36. The first kappa shape index (κ1) is 12.2. The third-order valence-corrected chi connectivity index (χ3v) is 5.44. The molecule has 0 amide bonds. The number of aromatic nitrogens is 2. The lowest BCUT2D eigenvalue weighted by Crippen LogP contribution is -2.17. The topological polar surface area (TPSA) is 37.8 Å². The minimum atomic E-state index is 0.0845. The molecule has 1 atom stereocenters. The van der Waals surface area contributed by atoms with Crippen molar-refractivity contribution in [2.45, 2.75) is 6.04 Å². The highest BCUT2D eigenvalue weighted by Gasteiger charge is 2.17. The average molecular weight is 363 g/mol. The fourth-order valence-corrected chi connectivity index (χ4v) is 3.61. The number of rotatable bonds is 3. The van der Waals surface area contributed by atoms with E-state index in [2.05, 4.69) is 53.2 Å². The normalized spacial score (nSPS) is 12.7. The standard InChI is InChI=1S/C10H9Br2N3S/c1-13-9(7-5-14-2-3-15-7)8-4-6(11)10(12)16-8/h2-5,9,13H,1H3. The zero-order valence-electron chi connectivity index (χ0n) is 8.45. The summed E-state index contributed by atoms with van der Waals surface area (Å²) in [7, 11) is 1.92. The lowest BCUT2D eigenvalue weighted by atomic mass is 10.2. The van der Waals surface area contributed by atoms with Gasteiger partial charge in [0.15, 0.2) is 0 Å². The Bertz CT molecular complexity index is 453. The first-order valence-electron chi connectivity index (χ1n) is 4.60. The maximum atomic E-state index is 4.32. The fraction of sp³-hybridized carbons (Fsp3) is 0.200. The summed E-state index contributed by atoms with van der Waals surface area (Å²) < 4.78 is 2.16. The monoisotopic (exact) mass is 361 g/mol. The predicted octanol–water partition coefficient (Wildman–Crippen LogP) is 3.37. The van der Waals surface area contributed by atoms with Crippen LogP contribution >= 0.6 is 43.2 Å². The van der Waals surface area contributed by atoms with Gasteiger partial charge in [0.2, 0.25) is 0 Å². The molecule has 6 heteroatoms. The van der Waals surface area contributed by atoms with E-state index in [1.165, 1.54) is 4.88 Å². The van der Waals surface area contributed by atoms with Crippen LogP contribution in [0.4, 0.5) is 0 Å². The number of hydrogen-bond acceptors (Lipinski definition) is 4. The number of thiophene rings is 1. The van der Waals surface area contributed by atoms with Crippen molar-refractivity contribution in [3.05, 3.63) is 43.5 Å². The molecule has 0 spiro atoms. The second-order valence-electron chi connectivity index (χ2n) is 3.12. The fourth-order valence-electron chi connectivity index (χ4n) is 1.40. The van der Waals surface area contributed by atoms with E-state index in [0.717, 1.165) is 14.0 Å². The Morgan fingerprint density at radius 2 is 2.19 bits per heavy atom. The summed E-state index contributed by atoms with van der Waals surface area (Å²) in [6.45, 7) is 0. The summed E-state index contributed by atoms with van der Waals surface area (Å²) >= 11 is 8.66. The molecule has 2 aromatic heterocycles. The number of nitrogens with zero attached hydrogens (tertiary/aromatic N) is 2. The van der Waals surface area contributed by atoms with Gasteiger partial charge in [-0.3, -0.25) is 9.97 Å². The van der Waals surface area contributed by atoms with Crippen molar-refractivity contribution in [3.8, 4) is 0 Å². The van der Waals surface area contributed by atoms with Crippen LogP contribution in [-0.4, -0.2) is 17.0 Å². The van der Waals surface area contributed by atoms with Crippen LogP contribution in [0, 0.1) is 0 Å². The van der Waals surface area contributed by atoms with Gasteiger partial charge in [-0.25, -0.2) is 0 Å². The van der Waals surface area contributed by atoms with Crippen LogP contribution in [0.3, 0.4) is 0 Å². The van der Waals surface area contributed by atoms with E-state index in [1.54, 1.807) is 29.9 Å². The van der Waals surface area contributed by atoms with E-state index in [0.29, 0.717) is 0 Å². The largest absolute Gasteiger partial charge is 0.307 e. The Balaban J connectivity index is 2.37. The molecular formula is C10H9Br2N3S. The second kappa shape index (κ2) is 5.35. The summed E-state index contributed by atoms with van der Waals surface area (Å²) in [5.74, 6) is 0. The Morgan fingerprint density at radius 3 is 2.69 bits per heavy atom. The minimum absolute atomic E-state index is 0.0845. The van der Waals surface area contributed by atoms with Gasteiger partial charge >= 0.3 is 0 Å². The van der Waals surface area contributed by atoms with E-state index >= 15 is 0 Å². The Morgan fingerprint density at radius 1 is 1.38 bits per heavy atom. The number of hydrogen-bond donors (Lipinski definition) is 1. The summed E-state index contributed by atoms with van der Waals surface area (Å²) in [6.07, 6.45) is 5.16. The molecule has 0 aliphatic rings. The van der Waals surface area contributed by atoms with Gasteiger partial charge in [0.25, 0.3) is 0 Å². The van der Waals surface area contributed by atoms with Crippen molar-refractivity contribution in [3.63, 3.8) is 0 Å². The third kappa shape index (κ3) is 2.51. The van der Waals surface area contributed by atoms with E-state index in [1.807, 2.05) is 7.05 Å². The lowest BCUT2D eigenvalue weighted by molar-refractivity contribution is 0.677. The molecule has 0 fully saturated rings. The Hall–Kier alpha value is -0.300. The quantitative estimate of drug-likeness (QED) is 0.909. The van der Waals surface area contributed by atoms with E-state index < -0.39 is 0 Å². The van der Waals surface area contributed by atoms with Crippen molar-refractivity contribution in [2.24, 2.45) is 0 Å². The van der Waals surface area contributed by atoms with E-state index in [9.17, 15) is 0 Å². The minimum Gasteiger partial charge on any atom is -0.307 e. The first-order valence-corrected chi connectivity index (χ1v) is 7.00. The van der Waals surface area contributed by atoms with Crippen molar-refractivity contribution < 1.29 is 0 Å². The lowest BCUT2D eigenvalue weighted by Gasteiger charge is -2.12. The molecule has 0 aromatic carbocycles. The molecule has 0 saturated carbocycles. The Labute approximate surface area is 115 Å². The van der Waals surface area contributed by atoms with E-state index in [-0.39, 0.29) is 6.04 Å². The van der Waals surface area contributed by atoms with Crippen molar-refractivity contribution in [2.75, 3.05) is 7.05 Å². The molecule has 0 aliphatic heterocycles. The molecule has 2 heterocycles. The van der Waals surface area contributed by atoms with Gasteiger partial charge in [-0.15, -0.1) is 11.3 Å². The third-order valence-electron chi connectivity index (χ3n) is 2.12. The van der Waals surface area contributed by atoms with Gasteiger partial charge in [0, 0.05) is 21.7 Å². The van der Waals surface area contributed by atoms with Crippen LogP contribution < -0.4 is 5.32 Å². The second-order valence-corrected chi connectivity index (χ2v) is 6.38. The molecule has 2 rings (SSSR count). The van der Waals surface area contributed by atoms with Crippen molar-refractivity contribution in [1.82, 2.24) is 15.3 Å². The summed E-state index contributed by atoms with van der Waals surface area (Å²) in [5, 5.41) is 3.24. The molecule has 2 aromatic rings. The van der Waals surface area contributed by atoms with Crippen LogP contribution in [-0.2, 0) is 0 Å². The van der Waals surface area contributed by atoms with Gasteiger partial charge in [-0.1, -0.05) is 0 Å². The molecule has 1 N–H and O–H groups in total. The maximum absolute atomic E-state index is 4.32. The molecule has 84 valence electrons. The van der Waals surface area contributed by atoms with Crippen LogP contribution in [0.15, 0.2) is 32.9 Å². The number of halogens is 2. The van der Waals surface area contributed by atoms with Crippen LogP contribution in [0.1, 0.15) is 16.6 Å². The summed E-state index contributed by atoms with van der Waals surface area (Å²) in [5.41, 5.74) is 0.922. The Kier molecular flexibility index (Phi) is 4.07. The zero-order valence-corrected chi connectivity index (χ0v) is 12.4. The smallest absolute Gasteiger partial charge is 0.0859 e.